The van der Waals surface area contributed by atoms with Crippen molar-refractivity contribution in [3.63, 3.8) is 0 Å². The maximum atomic E-state index is 12.2. The molecule has 2 heterocycles. The first-order chi connectivity index (χ1) is 8.69. The second kappa shape index (κ2) is 4.96. The van der Waals surface area contributed by atoms with Crippen LogP contribution < -0.4 is 0 Å². The van der Waals surface area contributed by atoms with Crippen LogP contribution in [0.15, 0.2) is 0 Å². The van der Waals surface area contributed by atoms with Crippen LogP contribution in [0, 0.1) is 3.70 Å². The van der Waals surface area contributed by atoms with Crippen molar-refractivity contribution in [3.05, 3.63) is 15.0 Å². The Morgan fingerprint density at radius 2 is 2.11 bits per heavy atom. The van der Waals surface area contributed by atoms with Crippen molar-refractivity contribution in [1.82, 2.24) is 14.7 Å². The van der Waals surface area contributed by atoms with Gasteiger partial charge in [0.2, 0.25) is 0 Å². The molecule has 1 aliphatic rings. The molecule has 0 bridgehead atoms. The van der Waals surface area contributed by atoms with Crippen LogP contribution in [0.1, 0.15) is 44.9 Å². The Labute approximate surface area is 127 Å². The van der Waals surface area contributed by atoms with Crippen LogP contribution in [0.3, 0.4) is 0 Å². The van der Waals surface area contributed by atoms with Crippen molar-refractivity contribution >= 4 is 28.7 Å². The van der Waals surface area contributed by atoms with E-state index in [1.165, 1.54) is 5.69 Å². The number of carbonyl (C=O) groups excluding carboxylic acids is 1. The van der Waals surface area contributed by atoms with Crippen LogP contribution in [0.2, 0.25) is 0 Å². The molecule has 0 N–H and O–H groups in total. The lowest BCUT2D eigenvalue weighted by atomic mass is 9.98. The second-order valence-corrected chi connectivity index (χ2v) is 7.06. The summed E-state index contributed by atoms with van der Waals surface area (Å²) in [5, 5.41) is 4.44. The lowest BCUT2D eigenvalue weighted by Gasteiger charge is -2.33. The standard InChI is InChI=1S/C13H20IN3O2/c1-8-6-17(12(18)19-13(2,3)4)7-9-10(8)16(5)15-11(9)14/h8H,6-7H2,1-5H3. The number of amides is 1. The fourth-order valence-electron chi connectivity index (χ4n) is 2.45. The van der Waals surface area contributed by atoms with E-state index in [1.807, 2.05) is 32.5 Å². The van der Waals surface area contributed by atoms with Gasteiger partial charge in [-0.25, -0.2) is 4.79 Å². The minimum atomic E-state index is -0.456. The van der Waals surface area contributed by atoms with Crippen molar-refractivity contribution < 1.29 is 9.53 Å². The molecule has 1 aliphatic heterocycles. The summed E-state index contributed by atoms with van der Waals surface area (Å²) in [6.45, 7) is 9.04. The topological polar surface area (TPSA) is 47.4 Å². The Kier molecular flexibility index (Phi) is 3.81. The molecule has 1 aromatic heterocycles. The van der Waals surface area contributed by atoms with Gasteiger partial charge in [0.15, 0.2) is 0 Å². The van der Waals surface area contributed by atoms with Gasteiger partial charge >= 0.3 is 6.09 Å². The molecule has 0 saturated heterocycles. The van der Waals surface area contributed by atoms with Crippen LogP contribution >= 0.6 is 22.6 Å². The van der Waals surface area contributed by atoms with Crippen LogP contribution in [0.5, 0.6) is 0 Å². The first kappa shape index (κ1) is 14.6. The molecule has 1 unspecified atom stereocenters. The average molecular weight is 377 g/mol. The molecule has 2 rings (SSSR count). The van der Waals surface area contributed by atoms with Gasteiger partial charge in [0.05, 0.1) is 6.54 Å². The molecule has 0 spiro atoms. The van der Waals surface area contributed by atoms with Gasteiger partial charge in [-0.2, -0.15) is 5.10 Å². The highest BCUT2D eigenvalue weighted by Gasteiger charge is 2.32. The van der Waals surface area contributed by atoms with Crippen molar-refractivity contribution in [2.45, 2.75) is 45.8 Å². The van der Waals surface area contributed by atoms with E-state index < -0.39 is 5.60 Å². The Morgan fingerprint density at radius 3 is 2.68 bits per heavy atom. The Balaban J connectivity index is 2.21. The van der Waals surface area contributed by atoms with E-state index in [1.54, 1.807) is 4.90 Å². The van der Waals surface area contributed by atoms with E-state index in [4.69, 9.17) is 4.74 Å². The number of aryl methyl sites for hydroxylation is 1. The Morgan fingerprint density at radius 1 is 1.47 bits per heavy atom. The lowest BCUT2D eigenvalue weighted by Crippen LogP contribution is -2.41. The molecule has 0 aliphatic carbocycles. The van der Waals surface area contributed by atoms with Gasteiger partial charge in [0, 0.05) is 30.8 Å². The average Bonchev–Trinajstić information content (AvgIpc) is 2.52. The van der Waals surface area contributed by atoms with E-state index in [-0.39, 0.29) is 12.0 Å². The summed E-state index contributed by atoms with van der Waals surface area (Å²) in [7, 11) is 1.96. The van der Waals surface area contributed by atoms with E-state index >= 15 is 0 Å². The summed E-state index contributed by atoms with van der Waals surface area (Å²) in [6.07, 6.45) is -0.246. The zero-order valence-corrected chi connectivity index (χ0v) is 14.2. The minimum absolute atomic E-state index is 0.246. The molecule has 106 valence electrons. The van der Waals surface area contributed by atoms with E-state index in [0.717, 1.165) is 9.26 Å². The number of nitrogens with zero attached hydrogens (tertiary/aromatic N) is 3. The zero-order chi connectivity index (χ0) is 14.4. The van der Waals surface area contributed by atoms with Crippen molar-refractivity contribution in [1.29, 1.82) is 0 Å². The number of halogens is 1. The van der Waals surface area contributed by atoms with Gasteiger partial charge in [0.1, 0.15) is 9.30 Å². The van der Waals surface area contributed by atoms with Gasteiger partial charge in [-0.3, -0.25) is 4.68 Å². The van der Waals surface area contributed by atoms with Gasteiger partial charge in [-0.15, -0.1) is 0 Å². The van der Waals surface area contributed by atoms with Gasteiger partial charge in [-0.05, 0) is 43.4 Å². The van der Waals surface area contributed by atoms with E-state index in [9.17, 15) is 4.79 Å². The summed E-state index contributed by atoms with van der Waals surface area (Å²) in [5.41, 5.74) is 1.92. The zero-order valence-electron chi connectivity index (χ0n) is 12.0. The molecule has 1 atom stereocenters. The van der Waals surface area contributed by atoms with Gasteiger partial charge in [-0.1, -0.05) is 6.92 Å². The molecule has 0 saturated carbocycles. The monoisotopic (exact) mass is 377 g/mol. The number of hydrogen-bond donors (Lipinski definition) is 0. The second-order valence-electron chi connectivity index (χ2n) is 6.04. The summed E-state index contributed by atoms with van der Waals surface area (Å²) < 4.78 is 8.34. The maximum absolute atomic E-state index is 12.2. The number of carbonyl (C=O) groups is 1. The third-order valence-electron chi connectivity index (χ3n) is 3.11. The Hall–Kier alpha value is -0.790. The number of aromatic nitrogens is 2. The van der Waals surface area contributed by atoms with Crippen LogP contribution in [-0.2, 0) is 18.3 Å². The molecular formula is C13H20IN3O2. The minimum Gasteiger partial charge on any atom is -0.444 e. The maximum Gasteiger partial charge on any atom is 0.410 e. The molecule has 19 heavy (non-hydrogen) atoms. The van der Waals surface area contributed by atoms with E-state index in [0.29, 0.717) is 13.1 Å². The van der Waals surface area contributed by atoms with Gasteiger partial charge in [0.25, 0.3) is 0 Å². The summed E-state index contributed by atoms with van der Waals surface area (Å²) in [6, 6.07) is 0. The highest BCUT2D eigenvalue weighted by atomic mass is 127. The summed E-state index contributed by atoms with van der Waals surface area (Å²) in [5.74, 6) is 0.275. The molecule has 1 aromatic rings. The fraction of sp³-hybridized carbons (Fsp3) is 0.692. The first-order valence-electron chi connectivity index (χ1n) is 6.38. The smallest absolute Gasteiger partial charge is 0.410 e. The predicted molar refractivity (Wildman–Crippen MR) is 81.0 cm³/mol. The lowest BCUT2D eigenvalue weighted by molar-refractivity contribution is 0.0206. The molecule has 5 nitrogen and oxygen atoms in total. The van der Waals surface area contributed by atoms with E-state index in [2.05, 4.69) is 34.6 Å². The van der Waals surface area contributed by atoms with Crippen molar-refractivity contribution in [2.75, 3.05) is 6.54 Å². The molecule has 1 amide bonds. The largest absolute Gasteiger partial charge is 0.444 e. The highest BCUT2D eigenvalue weighted by Crippen LogP contribution is 2.31. The van der Waals surface area contributed by atoms with Crippen LogP contribution in [-0.4, -0.2) is 32.9 Å². The SMILES string of the molecule is CC1CN(C(=O)OC(C)(C)C)Cc2c(I)nn(C)c21. The first-order valence-corrected chi connectivity index (χ1v) is 7.46. The van der Waals surface area contributed by atoms with Crippen LogP contribution in [0.4, 0.5) is 4.79 Å². The number of rotatable bonds is 0. The Bertz CT molecular complexity index is 505. The molecule has 0 aromatic carbocycles. The quantitative estimate of drug-likeness (QED) is 0.654. The molecule has 0 fully saturated rings. The normalized spacial score (nSPS) is 19.3. The number of ether oxygens (including phenoxy) is 1. The molecular weight excluding hydrogens is 357 g/mol. The molecule has 0 radical (unpaired) electrons. The third-order valence-corrected chi connectivity index (χ3v) is 3.97. The molecule has 6 heteroatoms. The third kappa shape index (κ3) is 3.04. The summed E-state index contributed by atoms with van der Waals surface area (Å²) >= 11 is 2.23. The van der Waals surface area contributed by atoms with Gasteiger partial charge < -0.3 is 9.64 Å². The predicted octanol–water partition coefficient (Wildman–Crippen LogP) is 2.88. The van der Waals surface area contributed by atoms with Crippen molar-refractivity contribution in [2.24, 2.45) is 7.05 Å². The van der Waals surface area contributed by atoms with Crippen LogP contribution in [0.25, 0.3) is 0 Å². The fourth-order valence-corrected chi connectivity index (χ4v) is 3.22. The van der Waals surface area contributed by atoms with Crippen molar-refractivity contribution in [3.8, 4) is 0 Å². The summed E-state index contributed by atoms with van der Waals surface area (Å²) in [4.78, 5) is 13.9. The highest BCUT2D eigenvalue weighted by molar-refractivity contribution is 14.1. The number of fused-ring (bicyclic) bond motifs is 1. The number of hydrogen-bond acceptors (Lipinski definition) is 3.